The second kappa shape index (κ2) is 4.59. The van der Waals surface area contributed by atoms with Crippen LogP contribution in [0.4, 0.5) is 5.82 Å². The molecule has 0 saturated carbocycles. The summed E-state index contributed by atoms with van der Waals surface area (Å²) in [5.74, 6) is 0.574. The van der Waals surface area contributed by atoms with E-state index >= 15 is 0 Å². The number of nitrogen functional groups attached to an aromatic ring is 1. The molecule has 1 aromatic carbocycles. The number of nitrogens with two attached hydrogens (primary N) is 1. The highest BCUT2D eigenvalue weighted by molar-refractivity contribution is 6.30. The number of aromatic nitrogens is 2. The van der Waals surface area contributed by atoms with E-state index in [0.29, 0.717) is 11.0 Å². The average molecular weight is 272 g/mol. The molecule has 0 saturated heterocycles. The van der Waals surface area contributed by atoms with Crippen LogP contribution in [0.3, 0.4) is 0 Å². The fraction of sp³-hybridized carbons (Fsp3) is 0.133. The largest absolute Gasteiger partial charge is 0.383 e. The quantitative estimate of drug-likeness (QED) is 0.721. The van der Waals surface area contributed by atoms with Gasteiger partial charge in [-0.2, -0.15) is 0 Å². The molecule has 2 heterocycles. The zero-order chi connectivity index (χ0) is 13.4. The molecule has 0 aliphatic carbocycles. The SMILES string of the molecule is CCc1ccc(-c2nc3cccc(Cl)n3c2N)cc1. The number of rotatable bonds is 2. The summed E-state index contributed by atoms with van der Waals surface area (Å²) in [5, 5.41) is 0.568. The van der Waals surface area contributed by atoms with Crippen LogP contribution in [0.2, 0.25) is 5.15 Å². The molecule has 0 atom stereocenters. The fourth-order valence-electron chi connectivity index (χ4n) is 2.19. The molecule has 0 aliphatic heterocycles. The molecule has 2 aromatic heterocycles. The molecular weight excluding hydrogens is 258 g/mol. The number of nitrogens with zero attached hydrogens (tertiary/aromatic N) is 2. The van der Waals surface area contributed by atoms with Crippen LogP contribution in [0, 0.1) is 0 Å². The number of hydrogen-bond acceptors (Lipinski definition) is 2. The van der Waals surface area contributed by atoms with Gasteiger partial charge in [-0.15, -0.1) is 0 Å². The van der Waals surface area contributed by atoms with Gasteiger partial charge in [0, 0.05) is 5.56 Å². The highest BCUT2D eigenvalue weighted by Gasteiger charge is 2.12. The topological polar surface area (TPSA) is 43.3 Å². The van der Waals surface area contributed by atoms with E-state index < -0.39 is 0 Å². The third kappa shape index (κ3) is 1.96. The number of anilines is 1. The van der Waals surface area contributed by atoms with Crippen molar-refractivity contribution in [3.05, 3.63) is 53.2 Å². The summed E-state index contributed by atoms with van der Waals surface area (Å²) >= 11 is 6.15. The van der Waals surface area contributed by atoms with Crippen molar-refractivity contribution in [3.8, 4) is 11.3 Å². The number of halogens is 1. The molecule has 3 aromatic rings. The summed E-state index contributed by atoms with van der Waals surface area (Å²) in [6, 6.07) is 13.9. The second-order valence-corrected chi connectivity index (χ2v) is 4.83. The van der Waals surface area contributed by atoms with Gasteiger partial charge in [-0.3, -0.25) is 4.40 Å². The number of benzene rings is 1. The number of hydrogen-bond donors (Lipinski definition) is 1. The Balaban J connectivity index is 2.19. The summed E-state index contributed by atoms with van der Waals surface area (Å²) < 4.78 is 1.75. The summed E-state index contributed by atoms with van der Waals surface area (Å²) in [6.45, 7) is 2.13. The van der Waals surface area contributed by atoms with E-state index in [1.165, 1.54) is 5.56 Å². The van der Waals surface area contributed by atoms with Crippen LogP contribution in [0.1, 0.15) is 12.5 Å². The minimum absolute atomic E-state index is 0.568. The standard InChI is InChI=1S/C15H14ClN3/c1-2-10-6-8-11(9-7-10)14-15(17)19-12(16)4-3-5-13(19)18-14/h3-9H,2,17H2,1H3. The number of aryl methyl sites for hydroxylation is 1. The van der Waals surface area contributed by atoms with Gasteiger partial charge in [0.25, 0.3) is 0 Å². The summed E-state index contributed by atoms with van der Waals surface area (Å²) in [5.41, 5.74) is 10.00. The maximum absolute atomic E-state index is 6.16. The van der Waals surface area contributed by atoms with Gasteiger partial charge >= 0.3 is 0 Å². The minimum atomic E-state index is 0.568. The van der Waals surface area contributed by atoms with Crippen molar-refractivity contribution >= 4 is 23.1 Å². The summed E-state index contributed by atoms with van der Waals surface area (Å²) in [4.78, 5) is 4.55. The first kappa shape index (κ1) is 12.1. The van der Waals surface area contributed by atoms with Gasteiger partial charge in [-0.25, -0.2) is 4.98 Å². The van der Waals surface area contributed by atoms with Gasteiger partial charge in [0.2, 0.25) is 0 Å². The van der Waals surface area contributed by atoms with Crippen molar-refractivity contribution in [3.63, 3.8) is 0 Å². The first-order valence-corrected chi connectivity index (χ1v) is 6.60. The van der Waals surface area contributed by atoms with E-state index in [-0.39, 0.29) is 0 Å². The number of fused-ring (bicyclic) bond motifs is 1. The smallest absolute Gasteiger partial charge is 0.140 e. The molecule has 0 spiro atoms. The maximum Gasteiger partial charge on any atom is 0.140 e. The molecule has 0 bridgehead atoms. The van der Waals surface area contributed by atoms with E-state index in [9.17, 15) is 0 Å². The Labute approximate surface area is 116 Å². The van der Waals surface area contributed by atoms with Crippen molar-refractivity contribution in [1.82, 2.24) is 9.38 Å². The average Bonchev–Trinajstić information content (AvgIpc) is 2.78. The Bertz CT molecular complexity index is 729. The molecule has 0 unspecified atom stereocenters. The molecule has 3 nitrogen and oxygen atoms in total. The minimum Gasteiger partial charge on any atom is -0.383 e. The summed E-state index contributed by atoms with van der Waals surface area (Å²) in [7, 11) is 0. The Hall–Kier alpha value is -2.00. The third-order valence-corrected chi connectivity index (χ3v) is 3.56. The zero-order valence-electron chi connectivity index (χ0n) is 10.6. The van der Waals surface area contributed by atoms with Crippen molar-refractivity contribution in [2.24, 2.45) is 0 Å². The predicted octanol–water partition coefficient (Wildman–Crippen LogP) is 3.80. The van der Waals surface area contributed by atoms with Gasteiger partial charge in [0.15, 0.2) is 0 Å². The monoisotopic (exact) mass is 271 g/mol. The number of pyridine rings is 1. The Morgan fingerprint density at radius 3 is 2.53 bits per heavy atom. The maximum atomic E-state index is 6.16. The molecule has 2 N–H and O–H groups in total. The van der Waals surface area contributed by atoms with Crippen molar-refractivity contribution in [2.45, 2.75) is 13.3 Å². The van der Waals surface area contributed by atoms with Crippen molar-refractivity contribution in [2.75, 3.05) is 5.73 Å². The van der Waals surface area contributed by atoms with E-state index in [0.717, 1.165) is 23.3 Å². The van der Waals surface area contributed by atoms with Crippen LogP contribution in [0.25, 0.3) is 16.9 Å². The lowest BCUT2D eigenvalue weighted by Gasteiger charge is -2.02. The van der Waals surface area contributed by atoms with Crippen molar-refractivity contribution < 1.29 is 0 Å². The van der Waals surface area contributed by atoms with Gasteiger partial charge in [0.1, 0.15) is 22.3 Å². The van der Waals surface area contributed by atoms with Crippen LogP contribution in [0.15, 0.2) is 42.5 Å². The predicted molar refractivity (Wildman–Crippen MR) is 79.4 cm³/mol. The van der Waals surface area contributed by atoms with Crippen LogP contribution in [-0.4, -0.2) is 9.38 Å². The molecular formula is C15H14ClN3. The normalized spacial score (nSPS) is 11.1. The van der Waals surface area contributed by atoms with Crippen LogP contribution >= 0.6 is 11.6 Å². The van der Waals surface area contributed by atoms with Crippen LogP contribution < -0.4 is 5.73 Å². The second-order valence-electron chi connectivity index (χ2n) is 4.44. The molecule has 0 radical (unpaired) electrons. The van der Waals surface area contributed by atoms with E-state index in [2.05, 4.69) is 24.0 Å². The highest BCUT2D eigenvalue weighted by atomic mass is 35.5. The van der Waals surface area contributed by atoms with Crippen LogP contribution in [0.5, 0.6) is 0 Å². The first-order chi connectivity index (χ1) is 9.20. The molecule has 4 heteroatoms. The molecule has 0 aliphatic rings. The Morgan fingerprint density at radius 1 is 1.16 bits per heavy atom. The Morgan fingerprint density at radius 2 is 1.89 bits per heavy atom. The molecule has 19 heavy (non-hydrogen) atoms. The van der Waals surface area contributed by atoms with Gasteiger partial charge < -0.3 is 5.73 Å². The lowest BCUT2D eigenvalue weighted by molar-refractivity contribution is 1.14. The summed E-state index contributed by atoms with van der Waals surface area (Å²) in [6.07, 6.45) is 1.02. The van der Waals surface area contributed by atoms with Crippen molar-refractivity contribution in [1.29, 1.82) is 0 Å². The van der Waals surface area contributed by atoms with Gasteiger partial charge in [-0.05, 0) is 24.1 Å². The third-order valence-electron chi connectivity index (χ3n) is 3.27. The molecule has 3 rings (SSSR count). The van der Waals surface area contributed by atoms with Gasteiger partial charge in [0.05, 0.1) is 0 Å². The molecule has 0 fully saturated rings. The lowest BCUT2D eigenvalue weighted by atomic mass is 10.1. The van der Waals surface area contributed by atoms with E-state index in [1.54, 1.807) is 10.5 Å². The fourth-order valence-corrected chi connectivity index (χ4v) is 2.44. The van der Waals surface area contributed by atoms with E-state index in [1.807, 2.05) is 24.3 Å². The lowest BCUT2D eigenvalue weighted by Crippen LogP contribution is -1.95. The molecule has 0 amide bonds. The Kier molecular flexibility index (Phi) is 2.91. The van der Waals surface area contributed by atoms with E-state index in [4.69, 9.17) is 17.3 Å². The molecule has 96 valence electrons. The number of imidazole rings is 1. The van der Waals surface area contributed by atoms with Crippen LogP contribution in [-0.2, 0) is 6.42 Å². The zero-order valence-corrected chi connectivity index (χ0v) is 11.4. The first-order valence-electron chi connectivity index (χ1n) is 6.22. The van der Waals surface area contributed by atoms with Gasteiger partial charge in [-0.1, -0.05) is 48.9 Å². The highest BCUT2D eigenvalue weighted by Crippen LogP contribution is 2.29.